The average Bonchev–Trinajstić information content (AvgIpc) is 2.83. The first-order valence-corrected chi connectivity index (χ1v) is 6.38. The number of nitrogens with one attached hydrogen (secondary N) is 1. The Morgan fingerprint density at radius 1 is 1.56 bits per heavy atom. The molecule has 94 valence electrons. The lowest BCUT2D eigenvalue weighted by molar-refractivity contribution is 0.327. The van der Waals surface area contributed by atoms with Gasteiger partial charge in [-0.15, -0.1) is 11.3 Å². The summed E-state index contributed by atoms with van der Waals surface area (Å²) in [5.41, 5.74) is 2.60. The zero-order chi connectivity index (χ0) is 13.0. The van der Waals surface area contributed by atoms with Crippen molar-refractivity contribution in [1.29, 1.82) is 5.26 Å². The van der Waals surface area contributed by atoms with Crippen molar-refractivity contribution in [1.82, 2.24) is 14.9 Å². The summed E-state index contributed by atoms with van der Waals surface area (Å²) in [7, 11) is 1.94. The molecule has 2 heterocycles. The van der Waals surface area contributed by atoms with E-state index in [2.05, 4.69) is 21.5 Å². The Kier molecular flexibility index (Phi) is 4.04. The minimum atomic E-state index is 0.500. The summed E-state index contributed by atoms with van der Waals surface area (Å²) in [6.45, 7) is 1.30. The van der Waals surface area contributed by atoms with Gasteiger partial charge in [0.25, 0.3) is 0 Å². The highest BCUT2D eigenvalue weighted by atomic mass is 32.1. The van der Waals surface area contributed by atoms with Crippen molar-refractivity contribution in [2.45, 2.75) is 13.0 Å². The van der Waals surface area contributed by atoms with Gasteiger partial charge in [0.05, 0.1) is 18.0 Å². The predicted molar refractivity (Wildman–Crippen MR) is 71.8 cm³/mol. The number of thiophene rings is 1. The topological polar surface area (TPSA) is 90.9 Å². The van der Waals surface area contributed by atoms with Gasteiger partial charge in [-0.25, -0.2) is 15.8 Å². The van der Waals surface area contributed by atoms with E-state index in [0.29, 0.717) is 31.2 Å². The summed E-state index contributed by atoms with van der Waals surface area (Å²) >= 11 is 1.56. The SMILES string of the molecule is CN(CCC#N)Cc1nc(NN)c2ccsc2n1. The summed E-state index contributed by atoms with van der Waals surface area (Å²) in [6, 6.07) is 4.06. The maximum absolute atomic E-state index is 8.54. The van der Waals surface area contributed by atoms with Gasteiger partial charge in [-0.2, -0.15) is 5.26 Å². The largest absolute Gasteiger partial charge is 0.308 e. The second-order valence-electron chi connectivity index (χ2n) is 3.92. The fourth-order valence-corrected chi connectivity index (χ4v) is 2.42. The summed E-state index contributed by atoms with van der Waals surface area (Å²) in [5, 5.41) is 11.4. The standard InChI is InChI=1S/C11H14N6S/c1-17(5-2-4-12)7-9-14-10(16-13)8-3-6-18-11(8)15-9/h3,6H,2,5,7,13H2,1H3,(H,14,15,16). The van der Waals surface area contributed by atoms with E-state index in [1.165, 1.54) is 0 Å². The highest BCUT2D eigenvalue weighted by Gasteiger charge is 2.09. The molecule has 0 atom stereocenters. The monoisotopic (exact) mass is 262 g/mol. The van der Waals surface area contributed by atoms with Crippen LogP contribution in [0.25, 0.3) is 10.2 Å². The first kappa shape index (κ1) is 12.7. The van der Waals surface area contributed by atoms with Crippen LogP contribution in [-0.2, 0) is 6.54 Å². The van der Waals surface area contributed by atoms with Crippen molar-refractivity contribution in [3.8, 4) is 6.07 Å². The maximum Gasteiger partial charge on any atom is 0.152 e. The first-order chi connectivity index (χ1) is 8.74. The molecule has 0 aliphatic heterocycles. The van der Waals surface area contributed by atoms with Crippen LogP contribution in [-0.4, -0.2) is 28.5 Å². The molecule has 2 aromatic rings. The van der Waals surface area contributed by atoms with Crippen LogP contribution in [0.1, 0.15) is 12.2 Å². The lowest BCUT2D eigenvalue weighted by atomic mass is 10.3. The van der Waals surface area contributed by atoms with Gasteiger partial charge >= 0.3 is 0 Å². The van der Waals surface area contributed by atoms with E-state index in [1.54, 1.807) is 11.3 Å². The molecule has 18 heavy (non-hydrogen) atoms. The number of fused-ring (bicyclic) bond motifs is 1. The number of hydrogen-bond acceptors (Lipinski definition) is 7. The second-order valence-corrected chi connectivity index (χ2v) is 4.81. The lowest BCUT2D eigenvalue weighted by Crippen LogP contribution is -2.21. The molecule has 7 heteroatoms. The van der Waals surface area contributed by atoms with Crippen molar-refractivity contribution in [2.24, 2.45) is 5.84 Å². The molecule has 0 radical (unpaired) electrons. The third-order valence-electron chi connectivity index (χ3n) is 2.52. The maximum atomic E-state index is 8.54. The van der Waals surface area contributed by atoms with Crippen molar-refractivity contribution in [2.75, 3.05) is 19.0 Å². The van der Waals surface area contributed by atoms with Crippen molar-refractivity contribution in [3.05, 3.63) is 17.3 Å². The number of rotatable bonds is 5. The Hall–Kier alpha value is -1.75. The normalized spacial score (nSPS) is 10.8. The van der Waals surface area contributed by atoms with Crippen LogP contribution in [0.5, 0.6) is 0 Å². The molecule has 0 aromatic carbocycles. The van der Waals surface area contributed by atoms with Gasteiger partial charge in [0.1, 0.15) is 10.7 Å². The number of hydrazine groups is 1. The van der Waals surface area contributed by atoms with E-state index in [9.17, 15) is 0 Å². The fourth-order valence-electron chi connectivity index (χ4n) is 1.64. The Balaban J connectivity index is 2.20. The molecule has 0 aliphatic carbocycles. The highest BCUT2D eigenvalue weighted by molar-refractivity contribution is 7.16. The van der Waals surface area contributed by atoms with Crippen LogP contribution in [0.15, 0.2) is 11.4 Å². The first-order valence-electron chi connectivity index (χ1n) is 5.51. The number of aromatic nitrogens is 2. The Bertz CT molecular complexity index is 572. The molecule has 6 nitrogen and oxygen atoms in total. The molecule has 0 spiro atoms. The van der Waals surface area contributed by atoms with Crippen LogP contribution in [0.3, 0.4) is 0 Å². The van der Waals surface area contributed by atoms with Crippen LogP contribution < -0.4 is 11.3 Å². The van der Waals surface area contributed by atoms with Gasteiger partial charge in [0.15, 0.2) is 5.82 Å². The van der Waals surface area contributed by atoms with E-state index in [4.69, 9.17) is 11.1 Å². The molecule has 0 saturated carbocycles. The lowest BCUT2D eigenvalue weighted by Gasteiger charge is -2.14. The Labute approximate surface area is 109 Å². The van der Waals surface area contributed by atoms with E-state index in [0.717, 1.165) is 10.2 Å². The number of anilines is 1. The van der Waals surface area contributed by atoms with Crippen LogP contribution >= 0.6 is 11.3 Å². The van der Waals surface area contributed by atoms with Crippen molar-refractivity contribution < 1.29 is 0 Å². The molecule has 0 unspecified atom stereocenters. The number of nitrogen functional groups attached to an aromatic ring is 1. The minimum Gasteiger partial charge on any atom is -0.308 e. The molecule has 2 rings (SSSR count). The molecule has 0 amide bonds. The highest BCUT2D eigenvalue weighted by Crippen LogP contribution is 2.24. The van der Waals surface area contributed by atoms with Gasteiger partial charge in [0, 0.05) is 13.0 Å². The fraction of sp³-hybridized carbons (Fsp3) is 0.364. The molecule has 0 saturated heterocycles. The van der Waals surface area contributed by atoms with Gasteiger partial charge in [0.2, 0.25) is 0 Å². The van der Waals surface area contributed by atoms with E-state index < -0.39 is 0 Å². The van der Waals surface area contributed by atoms with Crippen molar-refractivity contribution in [3.63, 3.8) is 0 Å². The molecular formula is C11H14N6S. The Morgan fingerprint density at radius 3 is 3.11 bits per heavy atom. The summed E-state index contributed by atoms with van der Waals surface area (Å²) in [6.07, 6.45) is 0.500. The third-order valence-corrected chi connectivity index (χ3v) is 3.33. The Morgan fingerprint density at radius 2 is 2.39 bits per heavy atom. The quantitative estimate of drug-likeness (QED) is 0.624. The third kappa shape index (κ3) is 2.73. The molecule has 3 N–H and O–H groups in total. The van der Waals surface area contributed by atoms with Gasteiger partial charge in [-0.1, -0.05) is 0 Å². The zero-order valence-electron chi connectivity index (χ0n) is 10.1. The van der Waals surface area contributed by atoms with Crippen LogP contribution in [0.2, 0.25) is 0 Å². The molecule has 0 aliphatic rings. The van der Waals surface area contributed by atoms with E-state index in [-0.39, 0.29) is 0 Å². The van der Waals surface area contributed by atoms with Crippen LogP contribution in [0, 0.1) is 11.3 Å². The number of nitrogens with two attached hydrogens (primary N) is 1. The second kappa shape index (κ2) is 5.73. The number of nitriles is 1. The number of hydrogen-bond donors (Lipinski definition) is 2. The molecule has 0 bridgehead atoms. The smallest absolute Gasteiger partial charge is 0.152 e. The molecular weight excluding hydrogens is 248 g/mol. The average molecular weight is 262 g/mol. The van der Waals surface area contributed by atoms with E-state index >= 15 is 0 Å². The van der Waals surface area contributed by atoms with Gasteiger partial charge < -0.3 is 5.43 Å². The predicted octanol–water partition coefficient (Wildman–Crippen LogP) is 1.32. The number of nitrogens with zero attached hydrogens (tertiary/aromatic N) is 4. The molecule has 0 fully saturated rings. The van der Waals surface area contributed by atoms with Crippen LogP contribution in [0.4, 0.5) is 5.82 Å². The minimum absolute atomic E-state index is 0.500. The van der Waals surface area contributed by atoms with Crippen molar-refractivity contribution >= 4 is 27.4 Å². The van der Waals surface area contributed by atoms with E-state index in [1.807, 2.05) is 23.4 Å². The zero-order valence-corrected chi connectivity index (χ0v) is 10.9. The molecule has 2 aromatic heterocycles. The van der Waals surface area contributed by atoms with Gasteiger partial charge in [-0.05, 0) is 18.5 Å². The van der Waals surface area contributed by atoms with Gasteiger partial charge in [-0.3, -0.25) is 4.90 Å². The summed E-state index contributed by atoms with van der Waals surface area (Å²) in [4.78, 5) is 11.8. The summed E-state index contributed by atoms with van der Waals surface area (Å²) in [5.74, 6) is 6.81. The summed E-state index contributed by atoms with van der Waals surface area (Å²) < 4.78 is 0.